The van der Waals surface area contributed by atoms with E-state index in [9.17, 15) is 0 Å². The van der Waals surface area contributed by atoms with Crippen LogP contribution in [0.4, 0.5) is 5.69 Å². The number of nitrogens with one attached hydrogen (secondary N) is 1. The maximum Gasteiger partial charge on any atom is 0.163 e. The molecule has 0 amide bonds. The van der Waals surface area contributed by atoms with E-state index in [1.807, 2.05) is 20.0 Å². The molecule has 0 aliphatic carbocycles. The van der Waals surface area contributed by atoms with Crippen LogP contribution < -0.4 is 10.9 Å². The monoisotopic (exact) mass is 215 g/mol. The second kappa shape index (κ2) is 5.00. The molecule has 2 heterocycles. The van der Waals surface area contributed by atoms with Gasteiger partial charge in [-0.05, 0) is 30.6 Å². The van der Waals surface area contributed by atoms with E-state index in [0.29, 0.717) is 11.7 Å². The van der Waals surface area contributed by atoms with E-state index in [1.165, 1.54) is 0 Å². The molecule has 1 aliphatic heterocycles. The predicted octanol–water partition coefficient (Wildman–Crippen LogP) is -0.197. The largest absolute Gasteiger partial charge is 0.381 e. The van der Waals surface area contributed by atoms with Crippen LogP contribution in [0.25, 0.3) is 0 Å². The highest BCUT2D eigenvalue weighted by Crippen LogP contribution is 2.16. The lowest BCUT2D eigenvalue weighted by molar-refractivity contribution is 0.0904. The topological polar surface area (TPSA) is 57.9 Å². The van der Waals surface area contributed by atoms with Crippen LogP contribution in [0.1, 0.15) is 18.5 Å². The van der Waals surface area contributed by atoms with Crippen molar-refractivity contribution in [2.45, 2.75) is 18.9 Å². The van der Waals surface area contributed by atoms with Crippen LogP contribution in [0.5, 0.6) is 0 Å². The van der Waals surface area contributed by atoms with Crippen molar-refractivity contribution in [1.29, 1.82) is 5.26 Å². The minimum absolute atomic E-state index is 0.394. The molecule has 0 spiro atoms. The summed E-state index contributed by atoms with van der Waals surface area (Å²) in [6, 6.07) is 6.36. The quantitative estimate of drug-likeness (QED) is 0.694. The lowest BCUT2D eigenvalue weighted by Gasteiger charge is -2.24. The number of ether oxygens (including phenoxy) is 1. The molecule has 82 valence electrons. The van der Waals surface area contributed by atoms with E-state index in [2.05, 4.69) is 16.4 Å². The lowest BCUT2D eigenvalue weighted by Crippen LogP contribution is -2.28. The van der Waals surface area contributed by atoms with Gasteiger partial charge in [-0.3, -0.25) is 4.98 Å². The molecule has 0 atom stereocenters. The molecule has 5 heteroatoms. The maximum absolute atomic E-state index is 9.00. The lowest BCUT2D eigenvalue weighted by atomic mass is 10.0. The standard InChI is InChI=1S/C11H14BN3O/c12-11-2-1-9(10(7-13)15-11)14-8-3-5-16-6-4-8/h1-2,8,14H,3-6,12H2. The van der Waals surface area contributed by atoms with Crippen LogP contribution in [0, 0.1) is 11.3 Å². The van der Waals surface area contributed by atoms with Crippen molar-refractivity contribution in [2.75, 3.05) is 18.5 Å². The number of nitriles is 1. The normalized spacial score (nSPS) is 16.7. The van der Waals surface area contributed by atoms with Gasteiger partial charge in [0.25, 0.3) is 0 Å². The molecule has 1 fully saturated rings. The first-order valence-electron chi connectivity index (χ1n) is 5.51. The predicted molar refractivity (Wildman–Crippen MR) is 64.6 cm³/mol. The molecule has 0 saturated carbocycles. The van der Waals surface area contributed by atoms with E-state index in [0.717, 1.165) is 37.3 Å². The van der Waals surface area contributed by atoms with Gasteiger partial charge in [0.05, 0.1) is 5.69 Å². The summed E-state index contributed by atoms with van der Waals surface area (Å²) in [4.78, 5) is 4.20. The van der Waals surface area contributed by atoms with Gasteiger partial charge in [-0.2, -0.15) is 5.26 Å². The molecular weight excluding hydrogens is 201 g/mol. The number of hydrogen-bond donors (Lipinski definition) is 1. The Hall–Kier alpha value is -1.54. The van der Waals surface area contributed by atoms with Gasteiger partial charge in [0, 0.05) is 19.3 Å². The fourth-order valence-electron chi connectivity index (χ4n) is 1.82. The first-order valence-corrected chi connectivity index (χ1v) is 5.51. The molecule has 0 unspecified atom stereocenters. The van der Waals surface area contributed by atoms with Gasteiger partial charge in [0.15, 0.2) is 13.5 Å². The summed E-state index contributed by atoms with van der Waals surface area (Å²) < 4.78 is 5.29. The summed E-state index contributed by atoms with van der Waals surface area (Å²) in [5, 5.41) is 12.4. The number of hydrogen-bond acceptors (Lipinski definition) is 4. The summed E-state index contributed by atoms with van der Waals surface area (Å²) in [7, 11) is 1.89. The Morgan fingerprint density at radius 3 is 2.88 bits per heavy atom. The van der Waals surface area contributed by atoms with Crippen LogP contribution in [-0.2, 0) is 4.74 Å². The van der Waals surface area contributed by atoms with Gasteiger partial charge in [-0.15, -0.1) is 0 Å². The second-order valence-corrected chi connectivity index (χ2v) is 3.99. The Morgan fingerprint density at radius 2 is 2.19 bits per heavy atom. The number of nitrogens with zero attached hydrogens (tertiary/aromatic N) is 2. The first kappa shape index (κ1) is 11.0. The third kappa shape index (κ3) is 2.53. The molecule has 1 N–H and O–H groups in total. The Labute approximate surface area is 96.0 Å². The van der Waals surface area contributed by atoms with Crippen molar-refractivity contribution in [3.63, 3.8) is 0 Å². The van der Waals surface area contributed by atoms with Crippen LogP contribution >= 0.6 is 0 Å². The second-order valence-electron chi connectivity index (χ2n) is 3.99. The summed E-state index contributed by atoms with van der Waals surface area (Å²) in [5.41, 5.74) is 2.18. The van der Waals surface area contributed by atoms with E-state index in [1.54, 1.807) is 0 Å². The third-order valence-corrected chi connectivity index (χ3v) is 2.72. The zero-order valence-corrected chi connectivity index (χ0v) is 9.36. The Morgan fingerprint density at radius 1 is 1.44 bits per heavy atom. The minimum Gasteiger partial charge on any atom is -0.381 e. The van der Waals surface area contributed by atoms with Gasteiger partial charge in [0.2, 0.25) is 0 Å². The highest BCUT2D eigenvalue weighted by Gasteiger charge is 2.15. The molecule has 1 aromatic rings. The molecule has 2 rings (SSSR count). The van der Waals surface area contributed by atoms with Crippen molar-refractivity contribution < 1.29 is 4.74 Å². The Bertz CT molecular complexity index is 410. The molecule has 0 radical (unpaired) electrons. The molecule has 0 aromatic carbocycles. The molecule has 1 saturated heterocycles. The summed E-state index contributed by atoms with van der Waals surface area (Å²) >= 11 is 0. The first-order chi connectivity index (χ1) is 7.79. The molecule has 1 aliphatic rings. The van der Waals surface area contributed by atoms with Crippen molar-refractivity contribution in [3.05, 3.63) is 17.8 Å². The van der Waals surface area contributed by atoms with Crippen molar-refractivity contribution in [2.24, 2.45) is 0 Å². The maximum atomic E-state index is 9.00. The zero-order valence-electron chi connectivity index (χ0n) is 9.36. The van der Waals surface area contributed by atoms with Gasteiger partial charge >= 0.3 is 0 Å². The summed E-state index contributed by atoms with van der Waals surface area (Å²) in [6.45, 7) is 1.58. The third-order valence-electron chi connectivity index (χ3n) is 2.72. The van der Waals surface area contributed by atoms with Crippen molar-refractivity contribution in [1.82, 2.24) is 4.98 Å². The van der Waals surface area contributed by atoms with E-state index < -0.39 is 0 Å². The fourth-order valence-corrected chi connectivity index (χ4v) is 1.82. The zero-order chi connectivity index (χ0) is 11.4. The molecular formula is C11H14BN3O. The van der Waals surface area contributed by atoms with Gasteiger partial charge in [0.1, 0.15) is 6.07 Å². The molecule has 0 bridgehead atoms. The highest BCUT2D eigenvalue weighted by molar-refractivity contribution is 6.30. The Kier molecular flexibility index (Phi) is 3.42. The average molecular weight is 215 g/mol. The van der Waals surface area contributed by atoms with E-state index in [-0.39, 0.29) is 0 Å². The average Bonchev–Trinajstić information content (AvgIpc) is 2.33. The molecule has 16 heavy (non-hydrogen) atoms. The van der Waals surface area contributed by atoms with Crippen LogP contribution in [0.15, 0.2) is 12.1 Å². The van der Waals surface area contributed by atoms with E-state index in [4.69, 9.17) is 10.00 Å². The SMILES string of the molecule is Bc1ccc(NC2CCOCC2)c(C#N)n1. The van der Waals surface area contributed by atoms with Gasteiger partial charge in [-0.25, -0.2) is 0 Å². The minimum atomic E-state index is 0.394. The fraction of sp³-hybridized carbons (Fsp3) is 0.455. The number of anilines is 1. The van der Waals surface area contributed by atoms with E-state index >= 15 is 0 Å². The van der Waals surface area contributed by atoms with Crippen LogP contribution in [0.2, 0.25) is 0 Å². The van der Waals surface area contributed by atoms with Crippen molar-refractivity contribution >= 4 is 19.1 Å². The van der Waals surface area contributed by atoms with Crippen LogP contribution in [0.3, 0.4) is 0 Å². The highest BCUT2D eigenvalue weighted by atomic mass is 16.5. The number of rotatable bonds is 2. The number of pyridine rings is 1. The van der Waals surface area contributed by atoms with Gasteiger partial charge in [-0.1, -0.05) is 0 Å². The molecule has 1 aromatic heterocycles. The van der Waals surface area contributed by atoms with Crippen molar-refractivity contribution in [3.8, 4) is 6.07 Å². The summed E-state index contributed by atoms with van der Waals surface area (Å²) in [5.74, 6) is 0. The number of aromatic nitrogens is 1. The molecule has 4 nitrogen and oxygen atoms in total. The van der Waals surface area contributed by atoms with Crippen LogP contribution in [-0.4, -0.2) is 32.1 Å². The Balaban J connectivity index is 2.11. The summed E-state index contributed by atoms with van der Waals surface area (Å²) in [6.07, 6.45) is 1.97. The smallest absolute Gasteiger partial charge is 0.163 e. The van der Waals surface area contributed by atoms with Gasteiger partial charge < -0.3 is 10.1 Å².